The maximum atomic E-state index is 12.7. The molecule has 0 aromatic heterocycles. The first kappa shape index (κ1) is 22.2. The predicted molar refractivity (Wildman–Crippen MR) is 124 cm³/mol. The fourth-order valence-electron chi connectivity index (χ4n) is 3.85. The molecule has 0 bridgehead atoms. The largest absolute Gasteiger partial charge is 0.624 e. The fraction of sp³-hybridized carbons (Fsp3) is 0.296. The molecule has 1 aliphatic rings. The van der Waals surface area contributed by atoms with Crippen molar-refractivity contribution >= 4 is 5.71 Å². The summed E-state index contributed by atoms with van der Waals surface area (Å²) in [5, 5.41) is 12.7. The third-order valence-electron chi connectivity index (χ3n) is 5.68. The molecular weight excluding hydrogens is 402 g/mol. The molecule has 5 nitrogen and oxygen atoms in total. The van der Waals surface area contributed by atoms with Crippen molar-refractivity contribution in [2.45, 2.75) is 45.1 Å². The highest BCUT2D eigenvalue weighted by molar-refractivity contribution is 5.83. The zero-order chi connectivity index (χ0) is 22.2. The lowest BCUT2D eigenvalue weighted by molar-refractivity contribution is -0.488. The summed E-state index contributed by atoms with van der Waals surface area (Å²) in [5.41, 5.74) is 3.78. The number of ether oxygens (including phenoxy) is 3. The Bertz CT molecular complexity index is 992. The van der Waals surface area contributed by atoms with E-state index >= 15 is 0 Å². The van der Waals surface area contributed by atoms with E-state index in [1.807, 2.05) is 97.9 Å². The molecule has 0 radical (unpaired) electrons. The van der Waals surface area contributed by atoms with Gasteiger partial charge in [-0.3, -0.25) is 0 Å². The summed E-state index contributed by atoms with van der Waals surface area (Å²) in [5.74, 6) is 0. The van der Waals surface area contributed by atoms with E-state index in [0.717, 1.165) is 21.4 Å². The van der Waals surface area contributed by atoms with Crippen LogP contribution in [0.25, 0.3) is 0 Å². The molecule has 3 aromatic carbocycles. The summed E-state index contributed by atoms with van der Waals surface area (Å²) in [6.45, 7) is 3.26. The van der Waals surface area contributed by atoms with Crippen LogP contribution >= 0.6 is 0 Å². The normalized spacial score (nSPS) is 21.0. The molecule has 4 rings (SSSR count). The topological polar surface area (TPSA) is 53.8 Å². The maximum Gasteiger partial charge on any atom is 0.192 e. The Morgan fingerprint density at radius 3 is 1.62 bits per heavy atom. The number of benzene rings is 3. The summed E-state index contributed by atoms with van der Waals surface area (Å²) in [6.07, 6.45) is -1.31. The van der Waals surface area contributed by atoms with Crippen LogP contribution in [0.2, 0.25) is 0 Å². The Morgan fingerprint density at radius 2 is 1.12 bits per heavy atom. The van der Waals surface area contributed by atoms with Crippen LogP contribution in [0.15, 0.2) is 91.0 Å². The summed E-state index contributed by atoms with van der Waals surface area (Å²) < 4.78 is 19.8. The Hall–Kier alpha value is -2.99. The van der Waals surface area contributed by atoms with Gasteiger partial charge in [0.25, 0.3) is 0 Å². The molecule has 0 unspecified atom stereocenters. The summed E-state index contributed by atoms with van der Waals surface area (Å²) in [7, 11) is 0. The minimum absolute atomic E-state index is 0.212. The molecule has 0 spiro atoms. The average molecular weight is 432 g/mol. The van der Waals surface area contributed by atoms with Crippen molar-refractivity contribution < 1.29 is 18.9 Å². The van der Waals surface area contributed by atoms with Gasteiger partial charge in [0.1, 0.15) is 12.2 Å². The second-order valence-electron chi connectivity index (χ2n) is 8.02. The second-order valence-corrected chi connectivity index (χ2v) is 8.02. The fourth-order valence-corrected chi connectivity index (χ4v) is 3.85. The molecule has 3 atom stereocenters. The SMILES string of the molecule is CC1=[N+]([O-])C[C@H](OCc2ccccc2)[C@@H](OCc2ccccc2)[C@@H]1OCc1ccccc1. The molecular formula is C27H29NO4. The lowest BCUT2D eigenvalue weighted by Gasteiger charge is -2.36. The van der Waals surface area contributed by atoms with Gasteiger partial charge >= 0.3 is 0 Å². The van der Waals surface area contributed by atoms with E-state index in [-0.39, 0.29) is 6.54 Å². The van der Waals surface area contributed by atoms with E-state index in [1.54, 1.807) is 0 Å². The zero-order valence-electron chi connectivity index (χ0n) is 18.3. The van der Waals surface area contributed by atoms with Crippen LogP contribution in [0, 0.1) is 5.21 Å². The van der Waals surface area contributed by atoms with Crippen LogP contribution in [-0.2, 0) is 34.0 Å². The molecule has 32 heavy (non-hydrogen) atoms. The van der Waals surface area contributed by atoms with Gasteiger partial charge in [-0.2, -0.15) is 0 Å². The highest BCUT2D eigenvalue weighted by Crippen LogP contribution is 2.23. The van der Waals surface area contributed by atoms with Gasteiger partial charge in [-0.05, 0) is 16.7 Å². The average Bonchev–Trinajstić information content (AvgIpc) is 2.85. The smallest absolute Gasteiger partial charge is 0.192 e. The van der Waals surface area contributed by atoms with Crippen molar-refractivity contribution in [3.05, 3.63) is 113 Å². The molecule has 0 N–H and O–H groups in total. The molecule has 1 heterocycles. The van der Waals surface area contributed by atoms with Gasteiger partial charge in [-0.15, -0.1) is 0 Å². The highest BCUT2D eigenvalue weighted by atomic mass is 16.6. The molecule has 166 valence electrons. The van der Waals surface area contributed by atoms with Gasteiger partial charge in [0.2, 0.25) is 0 Å². The first-order valence-corrected chi connectivity index (χ1v) is 11.0. The molecule has 0 aliphatic carbocycles. The summed E-state index contributed by atoms with van der Waals surface area (Å²) in [6, 6.07) is 29.9. The van der Waals surface area contributed by atoms with Crippen molar-refractivity contribution in [1.29, 1.82) is 0 Å². The summed E-state index contributed by atoms with van der Waals surface area (Å²) in [4.78, 5) is 0. The first-order valence-electron chi connectivity index (χ1n) is 11.0. The van der Waals surface area contributed by atoms with E-state index in [4.69, 9.17) is 14.2 Å². The zero-order valence-corrected chi connectivity index (χ0v) is 18.3. The Kier molecular flexibility index (Phi) is 7.67. The van der Waals surface area contributed by atoms with Gasteiger partial charge < -0.3 is 19.4 Å². The van der Waals surface area contributed by atoms with Gasteiger partial charge in [0.05, 0.1) is 19.8 Å². The van der Waals surface area contributed by atoms with Crippen LogP contribution in [0.3, 0.4) is 0 Å². The standard InChI is InChI=1S/C27H29NO4/c1-21-26(31-19-23-13-7-3-8-14-23)27(32-20-24-15-9-4-10-16-24)25(17-28(21)29)30-18-22-11-5-2-6-12-22/h2-16,25-27H,17-20H2,1H3/t25-,26+,27+/m0/s1. The molecule has 0 saturated heterocycles. The predicted octanol–water partition coefficient (Wildman–Crippen LogP) is 4.73. The van der Waals surface area contributed by atoms with Crippen molar-refractivity contribution in [1.82, 2.24) is 0 Å². The second kappa shape index (κ2) is 11.0. The highest BCUT2D eigenvalue weighted by Gasteiger charge is 2.43. The van der Waals surface area contributed by atoms with Crippen LogP contribution in [0.1, 0.15) is 23.6 Å². The Labute approximate surface area is 189 Å². The van der Waals surface area contributed by atoms with Crippen LogP contribution in [0.5, 0.6) is 0 Å². The monoisotopic (exact) mass is 431 g/mol. The number of hydrogen-bond acceptors (Lipinski definition) is 4. The number of hydrogen-bond donors (Lipinski definition) is 0. The minimum atomic E-state index is -0.494. The van der Waals surface area contributed by atoms with Crippen LogP contribution < -0.4 is 0 Å². The maximum absolute atomic E-state index is 12.7. The van der Waals surface area contributed by atoms with E-state index in [2.05, 4.69) is 0 Å². The molecule has 0 saturated carbocycles. The van der Waals surface area contributed by atoms with E-state index in [9.17, 15) is 5.21 Å². The molecule has 1 aliphatic heterocycles. The number of rotatable bonds is 9. The van der Waals surface area contributed by atoms with Gasteiger partial charge in [0, 0.05) is 6.92 Å². The lowest BCUT2D eigenvalue weighted by atomic mass is 9.99. The van der Waals surface area contributed by atoms with Gasteiger partial charge in [-0.25, -0.2) is 4.74 Å². The van der Waals surface area contributed by atoms with Gasteiger partial charge in [0.15, 0.2) is 18.4 Å². The van der Waals surface area contributed by atoms with Crippen molar-refractivity contribution in [3.63, 3.8) is 0 Å². The third-order valence-corrected chi connectivity index (χ3v) is 5.68. The number of nitrogens with zero attached hydrogens (tertiary/aromatic N) is 1. The number of hydroxylamine groups is 1. The van der Waals surface area contributed by atoms with Gasteiger partial charge in [-0.1, -0.05) is 91.0 Å². The van der Waals surface area contributed by atoms with E-state index in [0.29, 0.717) is 25.5 Å². The Morgan fingerprint density at radius 1 is 0.688 bits per heavy atom. The van der Waals surface area contributed by atoms with E-state index < -0.39 is 18.3 Å². The van der Waals surface area contributed by atoms with Crippen LogP contribution in [0.4, 0.5) is 0 Å². The van der Waals surface area contributed by atoms with Crippen molar-refractivity contribution in [2.75, 3.05) is 6.54 Å². The molecule has 3 aromatic rings. The summed E-state index contributed by atoms with van der Waals surface area (Å²) >= 11 is 0. The van der Waals surface area contributed by atoms with Crippen LogP contribution in [-0.4, -0.2) is 35.3 Å². The first-order chi connectivity index (χ1) is 15.7. The van der Waals surface area contributed by atoms with E-state index in [1.165, 1.54) is 0 Å². The molecule has 0 fully saturated rings. The lowest BCUT2D eigenvalue weighted by Crippen LogP contribution is -2.55. The Balaban J connectivity index is 1.52. The molecule has 0 amide bonds. The minimum Gasteiger partial charge on any atom is -0.624 e. The van der Waals surface area contributed by atoms with Crippen molar-refractivity contribution in [3.8, 4) is 0 Å². The third kappa shape index (κ3) is 5.82. The van der Waals surface area contributed by atoms with Crippen molar-refractivity contribution in [2.24, 2.45) is 0 Å². The molecule has 5 heteroatoms. The quantitative estimate of drug-likeness (QED) is 0.363.